The number of hydrogen-bond donors (Lipinski definition) is 12. The standard InChI is InChI=1S/C36H61N9O14/c1-17(2)27(33(55)42-23(36(58)59)12-14-26(49)50)43-34(56)28(20(5)46)44-31(53)21(11-13-25(47)48)40-32(54)24-10-8-16-45(24)35(57)22(9-6-7-15-37)41-30(52)19(4)39-29(51)18(3)38/h17-24,27-28,46H,6-16,37-38H2,1-5H3,(H,39,51)(H,40,54)(H,41,52)(H,42,55)(H,43,56)(H,44,53)(H,47,48)(H,49,50)(H,58,59)/t18-,19-,20+,21-,22-,23-,24-,27-,28-/m0/s1. The van der Waals surface area contributed by atoms with E-state index in [4.69, 9.17) is 16.6 Å². The highest BCUT2D eigenvalue weighted by Gasteiger charge is 2.40. The third-order valence-corrected chi connectivity index (χ3v) is 9.42. The predicted molar refractivity (Wildman–Crippen MR) is 206 cm³/mol. The Kier molecular flexibility index (Phi) is 22.0. The first-order valence-electron chi connectivity index (χ1n) is 19.4. The molecule has 1 heterocycles. The van der Waals surface area contributed by atoms with Crippen molar-refractivity contribution in [1.29, 1.82) is 0 Å². The molecular weight excluding hydrogens is 782 g/mol. The Balaban J connectivity index is 3.26. The molecule has 1 aliphatic heterocycles. The van der Waals surface area contributed by atoms with Crippen LogP contribution in [0, 0.1) is 5.92 Å². The van der Waals surface area contributed by atoms with Gasteiger partial charge in [0.1, 0.15) is 42.3 Å². The topological polar surface area (TPSA) is 379 Å². The lowest BCUT2D eigenvalue weighted by Crippen LogP contribution is -2.62. The van der Waals surface area contributed by atoms with E-state index in [9.17, 15) is 63.3 Å². The average Bonchev–Trinajstić information content (AvgIpc) is 3.64. The van der Waals surface area contributed by atoms with E-state index in [0.717, 1.165) is 6.92 Å². The van der Waals surface area contributed by atoms with Gasteiger partial charge in [0.2, 0.25) is 41.4 Å². The largest absolute Gasteiger partial charge is 0.481 e. The molecule has 0 unspecified atom stereocenters. The van der Waals surface area contributed by atoms with Crippen molar-refractivity contribution in [1.82, 2.24) is 36.8 Å². The molecule has 7 amide bonds. The van der Waals surface area contributed by atoms with Gasteiger partial charge in [0, 0.05) is 19.4 Å². The number of nitrogens with two attached hydrogens (primary N) is 2. The summed E-state index contributed by atoms with van der Waals surface area (Å²) in [5.74, 6) is -10.8. The fourth-order valence-electron chi connectivity index (χ4n) is 5.99. The van der Waals surface area contributed by atoms with E-state index in [1.54, 1.807) is 0 Å². The minimum Gasteiger partial charge on any atom is -0.481 e. The molecule has 0 spiro atoms. The van der Waals surface area contributed by atoms with Crippen molar-refractivity contribution < 1.29 is 68.4 Å². The van der Waals surface area contributed by atoms with Gasteiger partial charge >= 0.3 is 17.9 Å². The number of unbranched alkanes of at least 4 members (excludes halogenated alkanes) is 1. The molecule has 1 aliphatic rings. The number of nitrogens with zero attached hydrogens (tertiary/aromatic N) is 1. The molecule has 0 aromatic heterocycles. The molecule has 59 heavy (non-hydrogen) atoms. The molecule has 0 aliphatic carbocycles. The van der Waals surface area contributed by atoms with Gasteiger partial charge in [-0.15, -0.1) is 0 Å². The molecule has 23 nitrogen and oxygen atoms in total. The van der Waals surface area contributed by atoms with Crippen LogP contribution in [0.4, 0.5) is 0 Å². The number of carbonyl (C=O) groups is 10. The highest BCUT2D eigenvalue weighted by Crippen LogP contribution is 2.21. The van der Waals surface area contributed by atoms with E-state index in [1.165, 1.54) is 32.6 Å². The normalized spacial score (nSPS) is 17.8. The number of hydrogen-bond acceptors (Lipinski definition) is 13. The van der Waals surface area contributed by atoms with Crippen LogP contribution in [0.3, 0.4) is 0 Å². The first kappa shape index (κ1) is 51.6. The highest BCUT2D eigenvalue weighted by atomic mass is 16.4. The Morgan fingerprint density at radius 1 is 0.644 bits per heavy atom. The fourth-order valence-corrected chi connectivity index (χ4v) is 5.99. The second kappa shape index (κ2) is 25.2. The fraction of sp³-hybridized carbons (Fsp3) is 0.722. The van der Waals surface area contributed by atoms with Crippen molar-refractivity contribution in [3.05, 3.63) is 0 Å². The summed E-state index contributed by atoms with van der Waals surface area (Å²) in [6.07, 6.45) is -2.24. The van der Waals surface area contributed by atoms with E-state index in [2.05, 4.69) is 31.9 Å². The number of carboxylic acid groups (broad SMARTS) is 3. The van der Waals surface area contributed by atoms with Gasteiger partial charge in [-0.1, -0.05) is 13.8 Å². The lowest BCUT2D eigenvalue weighted by molar-refractivity contribution is -0.144. The van der Waals surface area contributed by atoms with Gasteiger partial charge in [-0.2, -0.15) is 0 Å². The summed E-state index contributed by atoms with van der Waals surface area (Å²) < 4.78 is 0. The van der Waals surface area contributed by atoms with E-state index in [0.29, 0.717) is 25.8 Å². The summed E-state index contributed by atoms with van der Waals surface area (Å²) >= 11 is 0. The lowest BCUT2D eigenvalue weighted by atomic mass is 10.0. The molecule has 1 fully saturated rings. The lowest BCUT2D eigenvalue weighted by Gasteiger charge is -2.31. The number of aliphatic carboxylic acids is 3. The summed E-state index contributed by atoms with van der Waals surface area (Å²) in [5.41, 5.74) is 11.2. The van der Waals surface area contributed by atoms with Crippen molar-refractivity contribution in [2.45, 2.75) is 147 Å². The first-order chi connectivity index (χ1) is 27.5. The third-order valence-electron chi connectivity index (χ3n) is 9.42. The number of rotatable bonds is 26. The maximum atomic E-state index is 13.9. The summed E-state index contributed by atoms with van der Waals surface area (Å²) in [7, 11) is 0. The molecule has 0 bridgehead atoms. The Bertz CT molecular complexity index is 1530. The van der Waals surface area contributed by atoms with Gasteiger partial charge in [0.05, 0.1) is 12.1 Å². The van der Waals surface area contributed by atoms with Crippen LogP contribution in [-0.2, 0) is 47.9 Å². The van der Waals surface area contributed by atoms with E-state index in [-0.39, 0.29) is 19.4 Å². The molecular formula is C36H61N9O14. The zero-order valence-electron chi connectivity index (χ0n) is 34.0. The highest BCUT2D eigenvalue weighted by molar-refractivity contribution is 5.98. The molecule has 0 saturated carbocycles. The van der Waals surface area contributed by atoms with Crippen molar-refractivity contribution in [2.24, 2.45) is 17.4 Å². The number of aliphatic hydroxyl groups excluding tert-OH is 1. The van der Waals surface area contributed by atoms with E-state index < -0.39 is 145 Å². The van der Waals surface area contributed by atoms with Crippen molar-refractivity contribution in [2.75, 3.05) is 13.1 Å². The number of nitrogens with one attached hydrogen (secondary N) is 6. The van der Waals surface area contributed by atoms with Gasteiger partial charge < -0.3 is 68.7 Å². The van der Waals surface area contributed by atoms with Crippen LogP contribution in [0.1, 0.15) is 92.4 Å². The van der Waals surface area contributed by atoms with Crippen molar-refractivity contribution >= 4 is 59.3 Å². The van der Waals surface area contributed by atoms with E-state index in [1.807, 2.05) is 0 Å². The molecule has 1 rings (SSSR count). The minimum atomic E-state index is -1.79. The Morgan fingerprint density at radius 3 is 1.69 bits per heavy atom. The second-order valence-electron chi connectivity index (χ2n) is 14.8. The van der Waals surface area contributed by atoms with Gasteiger partial charge in [-0.25, -0.2) is 4.79 Å². The average molecular weight is 844 g/mol. The van der Waals surface area contributed by atoms with Crippen LogP contribution in [0.15, 0.2) is 0 Å². The number of aliphatic hydroxyl groups is 1. The molecule has 14 N–H and O–H groups in total. The van der Waals surface area contributed by atoms with Crippen LogP contribution < -0.4 is 43.4 Å². The second-order valence-corrected chi connectivity index (χ2v) is 14.8. The first-order valence-corrected chi connectivity index (χ1v) is 19.4. The number of carboxylic acids is 3. The summed E-state index contributed by atoms with van der Waals surface area (Å²) in [6.45, 7) is 7.36. The zero-order chi connectivity index (χ0) is 45.1. The van der Waals surface area contributed by atoms with Crippen LogP contribution in [0.2, 0.25) is 0 Å². The summed E-state index contributed by atoms with van der Waals surface area (Å²) in [5, 5.41) is 52.6. The molecule has 0 radical (unpaired) electrons. The zero-order valence-corrected chi connectivity index (χ0v) is 34.0. The molecule has 23 heteroatoms. The Morgan fingerprint density at radius 2 is 1.19 bits per heavy atom. The van der Waals surface area contributed by atoms with Gasteiger partial charge in [-0.3, -0.25) is 43.2 Å². The van der Waals surface area contributed by atoms with Crippen LogP contribution in [0.5, 0.6) is 0 Å². The monoisotopic (exact) mass is 843 g/mol. The van der Waals surface area contributed by atoms with Crippen LogP contribution >= 0.6 is 0 Å². The van der Waals surface area contributed by atoms with Crippen molar-refractivity contribution in [3.8, 4) is 0 Å². The summed E-state index contributed by atoms with van der Waals surface area (Å²) in [6, 6.07) is -10.7. The van der Waals surface area contributed by atoms with Gasteiger partial charge in [-0.05, 0) is 78.2 Å². The minimum absolute atomic E-state index is 0.0881. The molecule has 0 aromatic carbocycles. The van der Waals surface area contributed by atoms with Gasteiger partial charge in [0.15, 0.2) is 0 Å². The molecule has 9 atom stereocenters. The third kappa shape index (κ3) is 17.5. The Hall–Kier alpha value is -5.42. The maximum Gasteiger partial charge on any atom is 0.326 e. The van der Waals surface area contributed by atoms with Crippen molar-refractivity contribution in [3.63, 3.8) is 0 Å². The van der Waals surface area contributed by atoms with E-state index >= 15 is 0 Å². The quantitative estimate of drug-likeness (QED) is 0.0372. The Labute approximate surface area is 341 Å². The number of carbonyl (C=O) groups excluding carboxylic acids is 7. The summed E-state index contributed by atoms with van der Waals surface area (Å²) in [4.78, 5) is 128. The molecule has 1 saturated heterocycles. The predicted octanol–water partition coefficient (Wildman–Crippen LogP) is -3.77. The van der Waals surface area contributed by atoms with Gasteiger partial charge in [0.25, 0.3) is 0 Å². The molecule has 0 aromatic rings. The van der Waals surface area contributed by atoms with Crippen LogP contribution in [-0.4, -0.2) is 152 Å². The van der Waals surface area contributed by atoms with Crippen LogP contribution in [0.25, 0.3) is 0 Å². The SMILES string of the molecule is CC(C)[C@H](NC(=O)[C@@H](NC(=O)[C@H](CCC(=O)O)NC(=O)[C@@H]1CCCN1C(=O)[C@H](CCCCN)NC(=O)[C@H](C)NC(=O)[C@H](C)N)[C@@H](C)O)C(=O)N[C@@H](CCC(=O)O)C(=O)O. The molecule has 334 valence electrons. The maximum absolute atomic E-state index is 13.9. The number of likely N-dealkylation sites (tertiary alicyclic amines) is 1. The number of amides is 7. The smallest absolute Gasteiger partial charge is 0.326 e.